The monoisotopic (exact) mass is 441 g/mol. The molecule has 2 N–H and O–H groups in total. The van der Waals surface area contributed by atoms with E-state index in [0.717, 1.165) is 16.9 Å². The van der Waals surface area contributed by atoms with E-state index >= 15 is 4.39 Å². The number of carbonyl (C=O) groups excluding carboxylic acids is 1. The second-order valence-corrected chi connectivity index (χ2v) is 7.12. The second kappa shape index (κ2) is 9.91. The number of nitrogens with zero attached hydrogens (tertiary/aromatic N) is 3. The number of aromatic nitrogens is 2. The summed E-state index contributed by atoms with van der Waals surface area (Å²) in [4.78, 5) is 22.4. The van der Waals surface area contributed by atoms with Crippen LogP contribution in [0.15, 0.2) is 85.5 Å². The van der Waals surface area contributed by atoms with Crippen molar-refractivity contribution in [2.75, 3.05) is 15.5 Å². The molecule has 166 valence electrons. The highest BCUT2D eigenvalue weighted by molar-refractivity contribution is 6.10. The van der Waals surface area contributed by atoms with E-state index in [-0.39, 0.29) is 11.6 Å². The van der Waals surface area contributed by atoms with Gasteiger partial charge in [0.1, 0.15) is 0 Å². The van der Waals surface area contributed by atoms with Gasteiger partial charge in [-0.15, -0.1) is 0 Å². The summed E-state index contributed by atoms with van der Waals surface area (Å²) in [5, 5.41) is 6.33. The Morgan fingerprint density at radius 3 is 2.12 bits per heavy atom. The Kier molecular flexibility index (Phi) is 6.59. The van der Waals surface area contributed by atoms with E-state index in [1.807, 2.05) is 38.1 Å². The first-order valence-electron chi connectivity index (χ1n) is 10.8. The number of anilines is 5. The van der Waals surface area contributed by atoms with Crippen molar-refractivity contribution in [3.63, 3.8) is 0 Å². The minimum Gasteiger partial charge on any atom is -0.355 e. The number of fused-ring (bicyclic) bond motifs is 1. The van der Waals surface area contributed by atoms with Gasteiger partial charge < -0.3 is 15.5 Å². The molecule has 6 nitrogen and oxygen atoms in total. The minimum absolute atomic E-state index is 0.217. The summed E-state index contributed by atoms with van der Waals surface area (Å²) in [5.74, 6) is -0.693. The summed E-state index contributed by atoms with van der Waals surface area (Å²) in [5.41, 5.74) is 4.43. The zero-order valence-electron chi connectivity index (χ0n) is 18.4. The Bertz CT molecular complexity index is 1250. The predicted molar refractivity (Wildman–Crippen MR) is 130 cm³/mol. The largest absolute Gasteiger partial charge is 0.355 e. The lowest BCUT2D eigenvalue weighted by atomic mass is 10.1. The molecule has 0 radical (unpaired) electrons. The summed E-state index contributed by atoms with van der Waals surface area (Å²) < 4.78 is 15.3. The molecule has 1 amide bonds. The summed E-state index contributed by atoms with van der Waals surface area (Å²) in [6.45, 7) is 4.30. The third-order valence-corrected chi connectivity index (χ3v) is 5.11. The molecular formula is C26H24FN5O. The average Bonchev–Trinajstić information content (AvgIpc) is 3.18. The van der Waals surface area contributed by atoms with Crippen molar-refractivity contribution in [1.29, 1.82) is 0 Å². The fourth-order valence-electron chi connectivity index (χ4n) is 3.61. The van der Waals surface area contributed by atoms with Gasteiger partial charge in [0, 0.05) is 47.4 Å². The maximum atomic E-state index is 15.3. The molecule has 1 aliphatic rings. The van der Waals surface area contributed by atoms with E-state index in [1.165, 1.54) is 4.90 Å². The van der Waals surface area contributed by atoms with Gasteiger partial charge in [-0.05, 0) is 60.2 Å². The van der Waals surface area contributed by atoms with Gasteiger partial charge in [0.2, 0.25) is 0 Å². The number of benzene rings is 2. The Hall–Kier alpha value is -4.26. The lowest BCUT2D eigenvalue weighted by Crippen LogP contribution is -2.24. The lowest BCUT2D eigenvalue weighted by Gasteiger charge is -2.18. The zero-order chi connectivity index (χ0) is 23.2. The van der Waals surface area contributed by atoms with Crippen LogP contribution >= 0.6 is 0 Å². The van der Waals surface area contributed by atoms with Crippen molar-refractivity contribution < 1.29 is 9.18 Å². The topological polar surface area (TPSA) is 70.2 Å². The van der Waals surface area contributed by atoms with Crippen molar-refractivity contribution in [3.8, 4) is 0 Å². The van der Waals surface area contributed by atoms with Crippen LogP contribution in [0.4, 0.5) is 32.8 Å². The molecule has 5 rings (SSSR count). The van der Waals surface area contributed by atoms with Crippen LogP contribution in [0.1, 0.15) is 29.8 Å². The number of amides is 1. The van der Waals surface area contributed by atoms with Gasteiger partial charge in [-0.1, -0.05) is 19.9 Å². The molecule has 0 aliphatic carbocycles. The van der Waals surface area contributed by atoms with Crippen molar-refractivity contribution in [1.82, 2.24) is 9.97 Å². The number of halogens is 1. The average molecular weight is 442 g/mol. The molecule has 1 aliphatic heterocycles. The van der Waals surface area contributed by atoms with E-state index in [4.69, 9.17) is 0 Å². The van der Waals surface area contributed by atoms with Gasteiger partial charge in [0.15, 0.2) is 5.82 Å². The molecule has 0 unspecified atom stereocenters. The summed E-state index contributed by atoms with van der Waals surface area (Å²) in [6, 6.07) is 17.8. The molecule has 7 heteroatoms. The smallest absolute Gasteiger partial charge is 0.259 e. The first-order chi connectivity index (χ1) is 16.2. The highest BCUT2D eigenvalue weighted by Gasteiger charge is 2.31. The molecule has 0 saturated carbocycles. The third-order valence-electron chi connectivity index (χ3n) is 5.11. The first-order valence-corrected chi connectivity index (χ1v) is 10.8. The number of rotatable bonds is 5. The van der Waals surface area contributed by atoms with Crippen LogP contribution in [-0.2, 0) is 6.54 Å². The van der Waals surface area contributed by atoms with Crippen molar-refractivity contribution in [2.45, 2.75) is 20.4 Å². The van der Waals surface area contributed by atoms with Crippen molar-refractivity contribution >= 4 is 34.3 Å². The van der Waals surface area contributed by atoms with Crippen LogP contribution in [0.5, 0.6) is 0 Å². The van der Waals surface area contributed by atoms with Crippen LogP contribution < -0.4 is 15.5 Å². The van der Waals surface area contributed by atoms with Crippen molar-refractivity contribution in [2.24, 2.45) is 0 Å². The normalized spacial score (nSPS) is 12.0. The summed E-state index contributed by atoms with van der Waals surface area (Å²) >= 11 is 0. The molecule has 33 heavy (non-hydrogen) atoms. The van der Waals surface area contributed by atoms with E-state index in [0.29, 0.717) is 23.5 Å². The third kappa shape index (κ3) is 4.67. The minimum atomic E-state index is -0.476. The molecule has 0 fully saturated rings. The number of carbonyl (C=O) groups is 1. The number of nitrogens with one attached hydrogen (secondary N) is 2. The quantitative estimate of drug-likeness (QED) is 0.381. The van der Waals surface area contributed by atoms with E-state index in [2.05, 4.69) is 20.6 Å². The van der Waals surface area contributed by atoms with Gasteiger partial charge in [-0.25, -0.2) is 4.39 Å². The Balaban J connectivity index is 0.00000126. The van der Waals surface area contributed by atoms with Crippen LogP contribution in [0.3, 0.4) is 0 Å². The van der Waals surface area contributed by atoms with E-state index in [9.17, 15) is 4.79 Å². The van der Waals surface area contributed by atoms with Crippen LogP contribution in [0.2, 0.25) is 0 Å². The summed E-state index contributed by atoms with van der Waals surface area (Å²) in [6.07, 6.45) is 6.66. The Labute approximate surface area is 192 Å². The highest BCUT2D eigenvalue weighted by atomic mass is 19.1. The van der Waals surface area contributed by atoms with Gasteiger partial charge in [-0.2, -0.15) is 0 Å². The van der Waals surface area contributed by atoms with Crippen LogP contribution in [0.25, 0.3) is 0 Å². The Morgan fingerprint density at radius 2 is 1.45 bits per heavy atom. The summed E-state index contributed by atoms with van der Waals surface area (Å²) in [7, 11) is 0. The molecular weight excluding hydrogens is 417 g/mol. The second-order valence-electron chi connectivity index (χ2n) is 7.12. The molecule has 0 spiro atoms. The predicted octanol–water partition coefficient (Wildman–Crippen LogP) is 6.29. The maximum absolute atomic E-state index is 15.3. The van der Waals surface area contributed by atoms with E-state index in [1.54, 1.807) is 61.2 Å². The maximum Gasteiger partial charge on any atom is 0.259 e. The standard InChI is InChI=1S/C24H18FN5O.C2H6/c25-23-21(29-18-8-12-27-13-9-18)2-1-3-22(23)30-15-16-14-19(4-5-20(16)24(30)31)28-17-6-10-26-11-7-17;1-2/h1-14H,15H2,(H,26,28)(H,27,29);1-2H3. The number of hydrogen-bond acceptors (Lipinski definition) is 5. The molecule has 4 aromatic rings. The zero-order valence-corrected chi connectivity index (χ0v) is 18.4. The molecule has 0 atom stereocenters. The first kappa shape index (κ1) is 22.0. The van der Waals surface area contributed by atoms with Crippen LogP contribution in [-0.4, -0.2) is 15.9 Å². The van der Waals surface area contributed by atoms with Gasteiger partial charge in [0.25, 0.3) is 5.91 Å². The van der Waals surface area contributed by atoms with Gasteiger partial charge in [0.05, 0.1) is 17.9 Å². The van der Waals surface area contributed by atoms with Crippen LogP contribution in [0, 0.1) is 5.82 Å². The SMILES string of the molecule is CC.O=C1c2ccc(Nc3ccncc3)cc2CN1c1cccc(Nc2ccncc2)c1F. The molecule has 0 bridgehead atoms. The highest BCUT2D eigenvalue weighted by Crippen LogP contribution is 2.35. The molecule has 0 saturated heterocycles. The number of pyridine rings is 2. The van der Waals surface area contributed by atoms with Gasteiger partial charge >= 0.3 is 0 Å². The van der Waals surface area contributed by atoms with Gasteiger partial charge in [-0.3, -0.25) is 14.8 Å². The Morgan fingerprint density at radius 1 is 0.818 bits per heavy atom. The fourth-order valence-corrected chi connectivity index (χ4v) is 3.61. The molecule has 2 aromatic carbocycles. The molecule has 3 heterocycles. The fraction of sp³-hybridized carbons (Fsp3) is 0.115. The lowest BCUT2D eigenvalue weighted by molar-refractivity contribution is 0.0996. The van der Waals surface area contributed by atoms with Crippen molar-refractivity contribution in [3.05, 3.63) is 102 Å². The molecule has 2 aromatic heterocycles. The number of hydrogen-bond donors (Lipinski definition) is 2. The van der Waals surface area contributed by atoms with E-state index < -0.39 is 5.82 Å².